The number of para-hydroxylation sites is 1. The molecule has 80 valence electrons. The molecule has 0 amide bonds. The SMILES string of the molecule is CC[C@@H](CO)Nc1nc2ccccc2s1. The molecule has 3 nitrogen and oxygen atoms in total. The van der Waals surface area contributed by atoms with E-state index in [-0.39, 0.29) is 12.6 Å². The van der Waals surface area contributed by atoms with E-state index in [1.54, 1.807) is 11.3 Å². The zero-order chi connectivity index (χ0) is 10.7. The Hall–Kier alpha value is -1.13. The van der Waals surface area contributed by atoms with E-state index < -0.39 is 0 Å². The van der Waals surface area contributed by atoms with Gasteiger partial charge in [0.25, 0.3) is 0 Å². The minimum absolute atomic E-state index is 0.102. The maximum absolute atomic E-state index is 9.08. The Bertz CT molecular complexity index is 404. The van der Waals surface area contributed by atoms with E-state index in [1.165, 1.54) is 4.70 Å². The number of thiazole rings is 1. The van der Waals surface area contributed by atoms with E-state index >= 15 is 0 Å². The lowest BCUT2D eigenvalue weighted by Gasteiger charge is -2.11. The quantitative estimate of drug-likeness (QED) is 0.835. The lowest BCUT2D eigenvalue weighted by molar-refractivity contribution is 0.272. The molecule has 1 heterocycles. The molecule has 0 radical (unpaired) electrons. The van der Waals surface area contributed by atoms with Gasteiger partial charge in [-0.05, 0) is 18.6 Å². The molecule has 2 N–H and O–H groups in total. The van der Waals surface area contributed by atoms with Crippen molar-refractivity contribution in [1.29, 1.82) is 0 Å². The number of nitrogens with zero attached hydrogens (tertiary/aromatic N) is 1. The Kier molecular flexibility index (Phi) is 3.18. The molecule has 1 atom stereocenters. The van der Waals surface area contributed by atoms with Crippen molar-refractivity contribution in [2.75, 3.05) is 11.9 Å². The second kappa shape index (κ2) is 4.59. The minimum atomic E-state index is 0.102. The number of aromatic nitrogens is 1. The molecule has 2 rings (SSSR count). The summed E-state index contributed by atoms with van der Waals surface area (Å²) in [5, 5.41) is 13.2. The summed E-state index contributed by atoms with van der Waals surface area (Å²) in [7, 11) is 0. The third-order valence-electron chi connectivity index (χ3n) is 2.33. The summed E-state index contributed by atoms with van der Waals surface area (Å²) in [6.45, 7) is 2.19. The first-order chi connectivity index (χ1) is 7.33. The van der Waals surface area contributed by atoms with Gasteiger partial charge in [0, 0.05) is 0 Å². The molecule has 0 spiro atoms. The molecule has 0 bridgehead atoms. The fourth-order valence-corrected chi connectivity index (χ4v) is 2.33. The van der Waals surface area contributed by atoms with Crippen LogP contribution in [0.25, 0.3) is 10.2 Å². The van der Waals surface area contributed by atoms with Gasteiger partial charge in [0.15, 0.2) is 5.13 Å². The van der Waals surface area contributed by atoms with Crippen LogP contribution in [-0.4, -0.2) is 22.7 Å². The summed E-state index contributed by atoms with van der Waals surface area (Å²) in [6.07, 6.45) is 0.895. The topological polar surface area (TPSA) is 45.1 Å². The number of aliphatic hydroxyl groups excluding tert-OH is 1. The van der Waals surface area contributed by atoms with Gasteiger partial charge in [-0.25, -0.2) is 4.98 Å². The van der Waals surface area contributed by atoms with Gasteiger partial charge >= 0.3 is 0 Å². The number of anilines is 1. The standard InChI is InChI=1S/C11H14N2OS/c1-2-8(7-14)12-11-13-9-5-3-4-6-10(9)15-11/h3-6,8,14H,2,7H2,1H3,(H,12,13)/t8-/m0/s1. The van der Waals surface area contributed by atoms with E-state index in [9.17, 15) is 0 Å². The van der Waals surface area contributed by atoms with Gasteiger partial charge in [0.05, 0.1) is 22.9 Å². The highest BCUT2D eigenvalue weighted by Crippen LogP contribution is 2.25. The van der Waals surface area contributed by atoms with Gasteiger partial charge in [0.1, 0.15) is 0 Å². The third-order valence-corrected chi connectivity index (χ3v) is 3.30. The van der Waals surface area contributed by atoms with Crippen LogP contribution in [0.2, 0.25) is 0 Å². The zero-order valence-corrected chi connectivity index (χ0v) is 9.42. The molecule has 1 aromatic heterocycles. The van der Waals surface area contributed by atoms with E-state index in [0.29, 0.717) is 0 Å². The summed E-state index contributed by atoms with van der Waals surface area (Å²) in [5.74, 6) is 0. The zero-order valence-electron chi connectivity index (χ0n) is 8.60. The number of hydrogen-bond acceptors (Lipinski definition) is 4. The van der Waals surface area contributed by atoms with Crippen molar-refractivity contribution in [3.63, 3.8) is 0 Å². The summed E-state index contributed by atoms with van der Waals surface area (Å²) in [4.78, 5) is 4.44. The molecule has 0 aliphatic heterocycles. The minimum Gasteiger partial charge on any atom is -0.394 e. The Morgan fingerprint density at radius 1 is 1.47 bits per heavy atom. The fourth-order valence-electron chi connectivity index (χ4n) is 1.39. The van der Waals surface area contributed by atoms with Crippen LogP contribution >= 0.6 is 11.3 Å². The highest BCUT2D eigenvalue weighted by Gasteiger charge is 2.07. The summed E-state index contributed by atoms with van der Waals surface area (Å²) in [5.41, 5.74) is 1.01. The Morgan fingerprint density at radius 3 is 2.93 bits per heavy atom. The van der Waals surface area contributed by atoms with Crippen LogP contribution in [0.1, 0.15) is 13.3 Å². The van der Waals surface area contributed by atoms with Crippen LogP contribution in [0.5, 0.6) is 0 Å². The normalized spacial score (nSPS) is 12.9. The molecule has 0 unspecified atom stereocenters. The van der Waals surface area contributed by atoms with Crippen LogP contribution in [-0.2, 0) is 0 Å². The van der Waals surface area contributed by atoms with E-state index in [2.05, 4.69) is 16.4 Å². The molecular weight excluding hydrogens is 208 g/mol. The van der Waals surface area contributed by atoms with Gasteiger partial charge in [-0.3, -0.25) is 0 Å². The van der Waals surface area contributed by atoms with Gasteiger partial charge < -0.3 is 10.4 Å². The van der Waals surface area contributed by atoms with Crippen LogP contribution in [0.15, 0.2) is 24.3 Å². The maximum Gasteiger partial charge on any atom is 0.184 e. The first-order valence-corrected chi connectivity index (χ1v) is 5.88. The lowest BCUT2D eigenvalue weighted by Crippen LogP contribution is -2.22. The van der Waals surface area contributed by atoms with Crippen molar-refractivity contribution in [2.24, 2.45) is 0 Å². The summed E-state index contributed by atoms with van der Waals surface area (Å²) >= 11 is 1.62. The largest absolute Gasteiger partial charge is 0.394 e. The van der Waals surface area contributed by atoms with Gasteiger partial charge in [0.2, 0.25) is 0 Å². The van der Waals surface area contributed by atoms with Crippen LogP contribution in [0, 0.1) is 0 Å². The summed E-state index contributed by atoms with van der Waals surface area (Å²) < 4.78 is 1.17. The number of rotatable bonds is 4. The number of hydrogen-bond donors (Lipinski definition) is 2. The van der Waals surface area contributed by atoms with Crippen molar-refractivity contribution in [1.82, 2.24) is 4.98 Å². The number of benzene rings is 1. The van der Waals surface area contributed by atoms with E-state index in [0.717, 1.165) is 17.1 Å². The Labute approximate surface area is 92.8 Å². The van der Waals surface area contributed by atoms with Crippen molar-refractivity contribution in [3.8, 4) is 0 Å². The van der Waals surface area contributed by atoms with Crippen LogP contribution in [0.3, 0.4) is 0 Å². The maximum atomic E-state index is 9.08. The highest BCUT2D eigenvalue weighted by molar-refractivity contribution is 7.22. The second-order valence-corrected chi connectivity index (χ2v) is 4.45. The van der Waals surface area contributed by atoms with Gasteiger partial charge in [-0.15, -0.1) is 0 Å². The number of fused-ring (bicyclic) bond motifs is 1. The Balaban J connectivity index is 2.21. The molecule has 0 aliphatic rings. The van der Waals surface area contributed by atoms with Crippen LogP contribution in [0.4, 0.5) is 5.13 Å². The molecule has 0 fully saturated rings. The molecule has 0 saturated carbocycles. The summed E-state index contributed by atoms with van der Waals surface area (Å²) in [6, 6.07) is 8.14. The number of nitrogens with one attached hydrogen (secondary N) is 1. The smallest absolute Gasteiger partial charge is 0.184 e. The van der Waals surface area contributed by atoms with Crippen molar-refractivity contribution in [2.45, 2.75) is 19.4 Å². The van der Waals surface area contributed by atoms with Gasteiger partial charge in [-0.2, -0.15) is 0 Å². The van der Waals surface area contributed by atoms with Crippen molar-refractivity contribution in [3.05, 3.63) is 24.3 Å². The molecule has 0 aliphatic carbocycles. The van der Waals surface area contributed by atoms with E-state index in [1.807, 2.05) is 25.1 Å². The lowest BCUT2D eigenvalue weighted by atomic mass is 10.2. The average Bonchev–Trinajstić information content (AvgIpc) is 2.68. The van der Waals surface area contributed by atoms with Crippen LogP contribution < -0.4 is 5.32 Å². The van der Waals surface area contributed by atoms with Crippen molar-refractivity contribution < 1.29 is 5.11 Å². The molecule has 2 aromatic rings. The fraction of sp³-hybridized carbons (Fsp3) is 0.364. The molecule has 15 heavy (non-hydrogen) atoms. The van der Waals surface area contributed by atoms with Crippen molar-refractivity contribution >= 4 is 26.7 Å². The molecule has 0 saturated heterocycles. The number of aliphatic hydroxyl groups is 1. The first kappa shape index (κ1) is 10.4. The second-order valence-electron chi connectivity index (χ2n) is 3.42. The molecule has 1 aromatic carbocycles. The van der Waals surface area contributed by atoms with E-state index in [4.69, 9.17) is 5.11 Å². The predicted molar refractivity (Wildman–Crippen MR) is 64.4 cm³/mol. The third kappa shape index (κ3) is 2.27. The monoisotopic (exact) mass is 222 g/mol. The van der Waals surface area contributed by atoms with Gasteiger partial charge in [-0.1, -0.05) is 30.4 Å². The Morgan fingerprint density at radius 2 is 2.27 bits per heavy atom. The molecular formula is C11H14N2OS. The molecule has 4 heteroatoms. The highest BCUT2D eigenvalue weighted by atomic mass is 32.1. The predicted octanol–water partition coefficient (Wildman–Crippen LogP) is 2.48. The first-order valence-electron chi connectivity index (χ1n) is 5.06. The average molecular weight is 222 g/mol.